The molecule has 1 aromatic rings. The maximum absolute atomic E-state index is 12.1. The van der Waals surface area contributed by atoms with Crippen molar-refractivity contribution in [1.29, 1.82) is 0 Å². The minimum absolute atomic E-state index is 0.176. The summed E-state index contributed by atoms with van der Waals surface area (Å²) in [7, 11) is -3.48. The van der Waals surface area contributed by atoms with Gasteiger partial charge < -0.3 is 0 Å². The molecular weight excluding hydrogens is 260 g/mol. The third-order valence-corrected chi connectivity index (χ3v) is 4.88. The fourth-order valence-electron chi connectivity index (χ4n) is 1.90. The van der Waals surface area contributed by atoms with Gasteiger partial charge in [-0.25, -0.2) is 8.42 Å². The Hall–Kier alpha value is -1.16. The molecule has 0 bridgehead atoms. The zero-order valence-electron chi connectivity index (χ0n) is 11.6. The number of sulfone groups is 1. The van der Waals surface area contributed by atoms with Crippen molar-refractivity contribution in [1.82, 2.24) is 0 Å². The van der Waals surface area contributed by atoms with Crippen LogP contribution in [0.2, 0.25) is 0 Å². The first-order chi connectivity index (χ1) is 8.97. The molecule has 0 radical (unpaired) electrons. The molecule has 106 valence electrons. The third kappa shape index (κ3) is 5.15. The summed E-state index contributed by atoms with van der Waals surface area (Å²) in [6.45, 7) is 3.92. The Morgan fingerprint density at radius 1 is 1.16 bits per heavy atom. The van der Waals surface area contributed by atoms with Crippen LogP contribution in [0.3, 0.4) is 0 Å². The molecule has 0 N–H and O–H groups in total. The Bertz CT molecular complexity index is 491. The summed E-state index contributed by atoms with van der Waals surface area (Å²) in [4.78, 5) is 12.2. The van der Waals surface area contributed by atoms with Gasteiger partial charge in [0.25, 0.3) is 0 Å². The van der Waals surface area contributed by atoms with Gasteiger partial charge in [0.1, 0.15) is 5.75 Å². The summed E-state index contributed by atoms with van der Waals surface area (Å²) in [5.41, 5.74) is 0. The minimum atomic E-state index is -3.48. The first-order valence-electron chi connectivity index (χ1n) is 6.78. The van der Waals surface area contributed by atoms with Crippen molar-refractivity contribution in [2.45, 2.75) is 44.4 Å². The second-order valence-corrected chi connectivity index (χ2v) is 6.92. The number of Topliss-reactive ketones (excluding diaryl/α,β-unsaturated/α-hetero) is 1. The lowest BCUT2D eigenvalue weighted by atomic mass is 10.00. The van der Waals surface area contributed by atoms with Gasteiger partial charge in [-0.3, -0.25) is 4.79 Å². The van der Waals surface area contributed by atoms with E-state index in [1.165, 1.54) is 12.1 Å². The van der Waals surface area contributed by atoms with Crippen molar-refractivity contribution in [2.24, 2.45) is 5.92 Å². The normalized spacial score (nSPS) is 13.2. The topological polar surface area (TPSA) is 51.2 Å². The molecule has 0 saturated heterocycles. The Morgan fingerprint density at radius 2 is 1.79 bits per heavy atom. The lowest BCUT2D eigenvalue weighted by Gasteiger charge is -2.10. The zero-order valence-corrected chi connectivity index (χ0v) is 12.4. The molecule has 0 aromatic heterocycles. The van der Waals surface area contributed by atoms with Gasteiger partial charge >= 0.3 is 0 Å². The van der Waals surface area contributed by atoms with Crippen molar-refractivity contribution >= 4 is 15.6 Å². The van der Waals surface area contributed by atoms with Gasteiger partial charge in [-0.2, -0.15) is 0 Å². The number of hydrogen-bond donors (Lipinski definition) is 0. The van der Waals surface area contributed by atoms with Gasteiger partial charge in [-0.15, -0.1) is 0 Å². The van der Waals surface area contributed by atoms with E-state index in [0.717, 1.165) is 25.7 Å². The Kier molecular flexibility index (Phi) is 6.22. The van der Waals surface area contributed by atoms with Gasteiger partial charge in [0.05, 0.1) is 4.90 Å². The second kappa shape index (κ2) is 7.43. The van der Waals surface area contributed by atoms with E-state index in [4.69, 9.17) is 0 Å². The van der Waals surface area contributed by atoms with E-state index in [1.54, 1.807) is 18.2 Å². The molecule has 19 heavy (non-hydrogen) atoms. The van der Waals surface area contributed by atoms with Gasteiger partial charge in [0.2, 0.25) is 0 Å². The van der Waals surface area contributed by atoms with Crippen LogP contribution in [0.1, 0.15) is 39.5 Å². The van der Waals surface area contributed by atoms with Crippen LogP contribution in [0, 0.1) is 5.92 Å². The number of benzene rings is 1. The van der Waals surface area contributed by atoms with Crippen LogP contribution in [0.5, 0.6) is 0 Å². The van der Waals surface area contributed by atoms with Crippen molar-refractivity contribution in [3.63, 3.8) is 0 Å². The maximum Gasteiger partial charge on any atom is 0.185 e. The molecule has 0 aliphatic carbocycles. The van der Waals surface area contributed by atoms with Crippen LogP contribution in [0.25, 0.3) is 0 Å². The quantitative estimate of drug-likeness (QED) is 0.688. The predicted molar refractivity (Wildman–Crippen MR) is 76.8 cm³/mol. The number of ketones is 1. The van der Waals surface area contributed by atoms with E-state index in [-0.39, 0.29) is 22.3 Å². The molecule has 0 aliphatic heterocycles. The molecule has 0 fully saturated rings. The number of carbonyl (C=O) groups excluding carboxylic acids is 1. The molecular formula is C15H22O3S. The van der Waals surface area contributed by atoms with Crippen LogP contribution >= 0.6 is 0 Å². The molecule has 0 heterocycles. The number of rotatable bonds is 8. The molecule has 1 atom stereocenters. The zero-order chi connectivity index (χ0) is 14.3. The largest absolute Gasteiger partial charge is 0.298 e. The molecule has 0 saturated carbocycles. The summed E-state index contributed by atoms with van der Waals surface area (Å²) in [5.74, 6) is -0.741. The lowest BCUT2D eigenvalue weighted by molar-refractivity contribution is -0.120. The first-order valence-corrected chi connectivity index (χ1v) is 8.43. The summed E-state index contributed by atoms with van der Waals surface area (Å²) >= 11 is 0. The highest BCUT2D eigenvalue weighted by atomic mass is 32.2. The second-order valence-electron chi connectivity index (χ2n) is 4.94. The highest BCUT2D eigenvalue weighted by Crippen LogP contribution is 2.15. The Labute approximate surface area is 116 Å². The van der Waals surface area contributed by atoms with Crippen LogP contribution in [0.15, 0.2) is 35.2 Å². The van der Waals surface area contributed by atoms with E-state index in [2.05, 4.69) is 6.92 Å². The van der Waals surface area contributed by atoms with Crippen LogP contribution in [-0.4, -0.2) is 20.0 Å². The molecule has 0 spiro atoms. The van der Waals surface area contributed by atoms with Crippen molar-refractivity contribution in [3.05, 3.63) is 30.3 Å². The van der Waals surface area contributed by atoms with Crippen molar-refractivity contribution in [3.8, 4) is 0 Å². The van der Waals surface area contributed by atoms with E-state index < -0.39 is 9.84 Å². The van der Waals surface area contributed by atoms with Gasteiger partial charge in [0.15, 0.2) is 15.6 Å². The number of carbonyl (C=O) groups is 1. The van der Waals surface area contributed by atoms with Gasteiger partial charge in [-0.05, 0) is 18.6 Å². The van der Waals surface area contributed by atoms with Crippen LogP contribution < -0.4 is 0 Å². The van der Waals surface area contributed by atoms with Gasteiger partial charge in [-0.1, -0.05) is 51.3 Å². The molecule has 0 aliphatic rings. The summed E-state index contributed by atoms with van der Waals surface area (Å²) in [6, 6.07) is 8.16. The summed E-state index contributed by atoms with van der Waals surface area (Å²) in [5, 5.41) is 0. The van der Waals surface area contributed by atoms with Crippen molar-refractivity contribution in [2.75, 3.05) is 5.75 Å². The Morgan fingerprint density at radius 3 is 2.37 bits per heavy atom. The molecule has 1 unspecified atom stereocenters. The van der Waals surface area contributed by atoms with Crippen molar-refractivity contribution < 1.29 is 13.2 Å². The van der Waals surface area contributed by atoms with E-state index in [0.29, 0.717) is 0 Å². The van der Waals surface area contributed by atoms with Crippen LogP contribution in [0.4, 0.5) is 0 Å². The lowest BCUT2D eigenvalue weighted by Crippen LogP contribution is -2.22. The molecule has 0 amide bonds. The monoisotopic (exact) mass is 282 g/mol. The van der Waals surface area contributed by atoms with Crippen LogP contribution in [-0.2, 0) is 14.6 Å². The van der Waals surface area contributed by atoms with E-state index in [1.807, 2.05) is 6.92 Å². The maximum atomic E-state index is 12.1. The number of unbranched alkanes of at least 4 members (excludes halogenated alkanes) is 2. The molecule has 3 nitrogen and oxygen atoms in total. The van der Waals surface area contributed by atoms with E-state index in [9.17, 15) is 13.2 Å². The van der Waals surface area contributed by atoms with Gasteiger partial charge in [0, 0.05) is 5.92 Å². The average Bonchev–Trinajstić information content (AvgIpc) is 2.39. The minimum Gasteiger partial charge on any atom is -0.298 e. The molecule has 1 rings (SSSR count). The smallest absolute Gasteiger partial charge is 0.185 e. The summed E-state index contributed by atoms with van der Waals surface area (Å²) in [6.07, 6.45) is 3.94. The molecule has 4 heteroatoms. The standard InChI is InChI=1S/C15H22O3S/c1-3-4-6-9-13(2)15(16)12-19(17,18)14-10-7-5-8-11-14/h5,7-8,10-11,13H,3-4,6,9,12H2,1-2H3. The SMILES string of the molecule is CCCCCC(C)C(=O)CS(=O)(=O)c1ccccc1. The highest BCUT2D eigenvalue weighted by Gasteiger charge is 2.22. The average molecular weight is 282 g/mol. The molecule has 1 aromatic carbocycles. The number of hydrogen-bond acceptors (Lipinski definition) is 3. The fourth-order valence-corrected chi connectivity index (χ4v) is 3.30. The predicted octanol–water partition coefficient (Wildman–Crippen LogP) is 3.25. The third-order valence-electron chi connectivity index (χ3n) is 3.22. The first kappa shape index (κ1) is 15.9. The van der Waals surface area contributed by atoms with E-state index >= 15 is 0 Å². The Balaban J connectivity index is 2.61. The fraction of sp³-hybridized carbons (Fsp3) is 0.533. The highest BCUT2D eigenvalue weighted by molar-refractivity contribution is 7.92. The summed E-state index contributed by atoms with van der Waals surface area (Å²) < 4.78 is 24.1.